The zero-order valence-electron chi connectivity index (χ0n) is 13.0. The Kier molecular flexibility index (Phi) is 4.35. The summed E-state index contributed by atoms with van der Waals surface area (Å²) in [5.41, 5.74) is 3.85. The smallest absolute Gasteiger partial charge is 0.0575 e. The average molecular weight is 280 g/mol. The molecule has 0 bridgehead atoms. The molecule has 2 aromatic rings. The quantitative estimate of drug-likeness (QED) is 0.830. The Morgan fingerprint density at radius 3 is 2.62 bits per heavy atom. The molecule has 0 saturated carbocycles. The van der Waals surface area contributed by atoms with Gasteiger partial charge < -0.3 is 0 Å². The van der Waals surface area contributed by atoms with E-state index in [9.17, 15) is 0 Å². The molecular weight excluding hydrogens is 256 g/mol. The van der Waals surface area contributed by atoms with Crippen molar-refractivity contribution in [2.75, 3.05) is 6.54 Å². The van der Waals surface area contributed by atoms with Crippen molar-refractivity contribution >= 4 is 0 Å². The predicted octanol–water partition coefficient (Wildman–Crippen LogP) is 4.36. The molecular formula is C19H24N2. The monoisotopic (exact) mass is 280 g/mol. The summed E-state index contributed by atoms with van der Waals surface area (Å²) in [6.07, 6.45) is 4.50. The van der Waals surface area contributed by atoms with E-state index in [1.165, 1.54) is 29.7 Å². The second kappa shape index (κ2) is 6.40. The lowest BCUT2D eigenvalue weighted by Crippen LogP contribution is -2.37. The molecule has 21 heavy (non-hydrogen) atoms. The number of benzene rings is 1. The van der Waals surface area contributed by atoms with E-state index in [4.69, 9.17) is 0 Å². The number of pyridine rings is 1. The van der Waals surface area contributed by atoms with E-state index in [0.29, 0.717) is 6.04 Å². The van der Waals surface area contributed by atoms with E-state index in [1.807, 2.05) is 6.20 Å². The normalized spacial score (nSPS) is 23.1. The van der Waals surface area contributed by atoms with Crippen LogP contribution < -0.4 is 0 Å². The van der Waals surface area contributed by atoms with Gasteiger partial charge in [0.25, 0.3) is 0 Å². The van der Waals surface area contributed by atoms with E-state index >= 15 is 0 Å². The molecule has 1 aliphatic rings. The highest BCUT2D eigenvalue weighted by Crippen LogP contribution is 2.33. The summed E-state index contributed by atoms with van der Waals surface area (Å²) in [4.78, 5) is 7.28. The first-order valence-electron chi connectivity index (χ1n) is 7.93. The van der Waals surface area contributed by atoms with Crippen LogP contribution in [0, 0.1) is 12.8 Å². The van der Waals surface area contributed by atoms with Crippen molar-refractivity contribution in [3.8, 4) is 0 Å². The molecule has 3 rings (SSSR count). The van der Waals surface area contributed by atoms with Gasteiger partial charge in [0.15, 0.2) is 0 Å². The number of hydrogen-bond acceptors (Lipinski definition) is 2. The van der Waals surface area contributed by atoms with Crippen LogP contribution in [-0.4, -0.2) is 16.4 Å². The minimum Gasteiger partial charge on any atom is -0.290 e. The van der Waals surface area contributed by atoms with Crippen LogP contribution in [0.2, 0.25) is 0 Å². The van der Waals surface area contributed by atoms with Gasteiger partial charge in [-0.1, -0.05) is 43.3 Å². The highest BCUT2D eigenvalue weighted by atomic mass is 15.2. The molecule has 0 aliphatic carbocycles. The maximum absolute atomic E-state index is 4.68. The fourth-order valence-corrected chi connectivity index (χ4v) is 3.25. The highest BCUT2D eigenvalue weighted by molar-refractivity contribution is 5.18. The SMILES string of the molecule is Cc1ccc(C2CCC(C)CN2Cc2ccccc2)nc1. The Morgan fingerprint density at radius 2 is 1.90 bits per heavy atom. The van der Waals surface area contributed by atoms with Crippen molar-refractivity contribution in [2.45, 2.75) is 39.3 Å². The van der Waals surface area contributed by atoms with Crippen molar-refractivity contribution in [1.82, 2.24) is 9.88 Å². The molecule has 0 amide bonds. The summed E-state index contributed by atoms with van der Waals surface area (Å²) in [7, 11) is 0. The number of likely N-dealkylation sites (tertiary alicyclic amines) is 1. The number of rotatable bonds is 3. The van der Waals surface area contributed by atoms with Crippen LogP contribution in [0.3, 0.4) is 0 Å². The fourth-order valence-electron chi connectivity index (χ4n) is 3.25. The Balaban J connectivity index is 1.81. The van der Waals surface area contributed by atoms with Gasteiger partial charge in [-0.15, -0.1) is 0 Å². The maximum atomic E-state index is 4.68. The number of piperidine rings is 1. The van der Waals surface area contributed by atoms with Crippen molar-refractivity contribution in [2.24, 2.45) is 5.92 Å². The average Bonchev–Trinajstić information content (AvgIpc) is 2.50. The highest BCUT2D eigenvalue weighted by Gasteiger charge is 2.28. The number of aryl methyl sites for hydroxylation is 1. The standard InChI is InChI=1S/C19H24N2/c1-15-8-10-18(20-12-15)19-11-9-16(2)13-21(19)14-17-6-4-3-5-7-17/h3-8,10,12,16,19H,9,11,13-14H2,1-2H3. The van der Waals surface area contributed by atoms with Crippen LogP contribution in [0.15, 0.2) is 48.7 Å². The van der Waals surface area contributed by atoms with E-state index < -0.39 is 0 Å². The summed E-state index contributed by atoms with van der Waals surface area (Å²) < 4.78 is 0. The molecule has 2 nitrogen and oxygen atoms in total. The molecule has 2 unspecified atom stereocenters. The van der Waals surface area contributed by atoms with Gasteiger partial charge in [-0.25, -0.2) is 0 Å². The van der Waals surface area contributed by atoms with Crippen molar-refractivity contribution in [3.05, 3.63) is 65.5 Å². The van der Waals surface area contributed by atoms with Crippen molar-refractivity contribution in [3.63, 3.8) is 0 Å². The van der Waals surface area contributed by atoms with Crippen molar-refractivity contribution in [1.29, 1.82) is 0 Å². The summed E-state index contributed by atoms with van der Waals surface area (Å²) in [6.45, 7) is 6.64. The van der Waals surface area contributed by atoms with Gasteiger partial charge >= 0.3 is 0 Å². The van der Waals surface area contributed by atoms with Gasteiger partial charge in [-0.2, -0.15) is 0 Å². The zero-order valence-corrected chi connectivity index (χ0v) is 13.0. The first kappa shape index (κ1) is 14.3. The summed E-state index contributed by atoms with van der Waals surface area (Å²) in [5, 5.41) is 0. The molecule has 1 saturated heterocycles. The Bertz CT molecular complexity index is 562. The minimum atomic E-state index is 0.460. The molecule has 2 heterocycles. The lowest BCUT2D eigenvalue weighted by Gasteiger charge is -2.38. The van der Waals surface area contributed by atoms with Crippen LogP contribution in [0.25, 0.3) is 0 Å². The molecule has 1 aromatic heterocycles. The summed E-state index contributed by atoms with van der Waals surface area (Å²) in [6, 6.07) is 15.6. The second-order valence-corrected chi connectivity index (χ2v) is 6.37. The van der Waals surface area contributed by atoms with Gasteiger partial charge in [0.2, 0.25) is 0 Å². The van der Waals surface area contributed by atoms with Gasteiger partial charge in [0.1, 0.15) is 0 Å². The first-order valence-corrected chi connectivity index (χ1v) is 7.93. The molecule has 1 aromatic carbocycles. The van der Waals surface area contributed by atoms with Crippen LogP contribution in [-0.2, 0) is 6.54 Å². The zero-order chi connectivity index (χ0) is 14.7. The third-order valence-electron chi connectivity index (χ3n) is 4.42. The predicted molar refractivity (Wildman–Crippen MR) is 87.0 cm³/mol. The number of nitrogens with zero attached hydrogens (tertiary/aromatic N) is 2. The molecule has 1 fully saturated rings. The van der Waals surface area contributed by atoms with Crippen LogP contribution in [0.4, 0.5) is 0 Å². The Morgan fingerprint density at radius 1 is 1.10 bits per heavy atom. The second-order valence-electron chi connectivity index (χ2n) is 6.37. The van der Waals surface area contributed by atoms with E-state index in [1.54, 1.807) is 0 Å². The maximum Gasteiger partial charge on any atom is 0.0575 e. The van der Waals surface area contributed by atoms with E-state index in [2.05, 4.69) is 66.2 Å². The van der Waals surface area contributed by atoms with Gasteiger partial charge in [-0.3, -0.25) is 9.88 Å². The molecule has 2 heteroatoms. The third-order valence-corrected chi connectivity index (χ3v) is 4.42. The van der Waals surface area contributed by atoms with Crippen LogP contribution >= 0.6 is 0 Å². The van der Waals surface area contributed by atoms with Gasteiger partial charge in [-0.05, 0) is 42.9 Å². The first-order chi connectivity index (χ1) is 10.2. The third kappa shape index (κ3) is 3.51. The minimum absolute atomic E-state index is 0.460. The molecule has 1 aliphatic heterocycles. The van der Waals surface area contributed by atoms with Crippen LogP contribution in [0.1, 0.15) is 42.6 Å². The lowest BCUT2D eigenvalue weighted by molar-refractivity contribution is 0.103. The van der Waals surface area contributed by atoms with Crippen LogP contribution in [0.5, 0.6) is 0 Å². The van der Waals surface area contributed by atoms with Gasteiger partial charge in [0, 0.05) is 19.3 Å². The largest absolute Gasteiger partial charge is 0.290 e. The Hall–Kier alpha value is -1.67. The lowest BCUT2D eigenvalue weighted by atomic mass is 9.91. The molecule has 0 N–H and O–H groups in total. The molecule has 0 radical (unpaired) electrons. The fraction of sp³-hybridized carbons (Fsp3) is 0.421. The van der Waals surface area contributed by atoms with E-state index in [-0.39, 0.29) is 0 Å². The summed E-state index contributed by atoms with van der Waals surface area (Å²) in [5.74, 6) is 0.774. The summed E-state index contributed by atoms with van der Waals surface area (Å²) >= 11 is 0. The molecule has 0 spiro atoms. The molecule has 2 atom stereocenters. The Labute approximate surface area is 127 Å². The van der Waals surface area contributed by atoms with Crippen molar-refractivity contribution < 1.29 is 0 Å². The van der Waals surface area contributed by atoms with E-state index in [0.717, 1.165) is 19.0 Å². The number of aromatic nitrogens is 1. The van der Waals surface area contributed by atoms with Gasteiger partial charge in [0.05, 0.1) is 11.7 Å². The number of hydrogen-bond donors (Lipinski definition) is 0. The topological polar surface area (TPSA) is 16.1 Å². The molecule has 110 valence electrons.